The third-order valence-electron chi connectivity index (χ3n) is 2.89. The van der Waals surface area contributed by atoms with E-state index in [0.29, 0.717) is 10.8 Å². The number of nitrogens with one attached hydrogen (secondary N) is 1. The lowest BCUT2D eigenvalue weighted by Crippen LogP contribution is -2.21. The van der Waals surface area contributed by atoms with E-state index >= 15 is 0 Å². The number of rotatable bonds is 4. The Morgan fingerprint density at radius 3 is 2.71 bits per heavy atom. The van der Waals surface area contributed by atoms with Crippen LogP contribution in [0.1, 0.15) is 11.1 Å². The summed E-state index contributed by atoms with van der Waals surface area (Å²) in [4.78, 5) is 11.8. The molecule has 0 bridgehead atoms. The van der Waals surface area contributed by atoms with E-state index in [1.54, 1.807) is 30.3 Å². The summed E-state index contributed by atoms with van der Waals surface area (Å²) in [5, 5.41) is 3.09. The molecule has 0 unspecified atom stereocenters. The molecule has 1 amide bonds. The van der Waals surface area contributed by atoms with Gasteiger partial charge in [0.2, 0.25) is 0 Å². The van der Waals surface area contributed by atoms with Gasteiger partial charge in [-0.05, 0) is 55.3 Å². The molecule has 0 spiro atoms. The van der Waals surface area contributed by atoms with E-state index in [1.807, 2.05) is 13.8 Å². The highest BCUT2D eigenvalue weighted by Gasteiger charge is 2.09. The maximum atomic E-state index is 13.5. The zero-order valence-electron chi connectivity index (χ0n) is 11.7. The Bertz CT molecular complexity index is 673. The van der Waals surface area contributed by atoms with Gasteiger partial charge in [-0.1, -0.05) is 17.7 Å². The summed E-state index contributed by atoms with van der Waals surface area (Å²) in [5.41, 5.74) is 1.84. The van der Waals surface area contributed by atoms with Crippen LogP contribution in [0.2, 0.25) is 5.02 Å². The van der Waals surface area contributed by atoms with Crippen LogP contribution in [0.4, 0.5) is 10.1 Å². The molecule has 0 heterocycles. The van der Waals surface area contributed by atoms with Crippen molar-refractivity contribution in [3.63, 3.8) is 0 Å². The molecular formula is C16H15ClFNO2. The second kappa shape index (κ2) is 6.59. The summed E-state index contributed by atoms with van der Waals surface area (Å²) in [5.74, 6) is -0.329. The first-order valence-electron chi connectivity index (χ1n) is 6.40. The predicted octanol–water partition coefficient (Wildman–Crippen LogP) is 4.11. The van der Waals surface area contributed by atoms with Gasteiger partial charge in [0.25, 0.3) is 5.91 Å². The normalized spacial score (nSPS) is 10.3. The first-order chi connectivity index (χ1) is 9.95. The molecule has 5 heteroatoms. The smallest absolute Gasteiger partial charge is 0.262 e. The van der Waals surface area contributed by atoms with Gasteiger partial charge in [0.05, 0.1) is 5.69 Å². The Hall–Kier alpha value is -2.07. The fourth-order valence-corrected chi connectivity index (χ4v) is 2.07. The van der Waals surface area contributed by atoms with Gasteiger partial charge in [-0.15, -0.1) is 0 Å². The molecule has 0 aromatic heterocycles. The van der Waals surface area contributed by atoms with Gasteiger partial charge in [-0.2, -0.15) is 0 Å². The summed E-state index contributed by atoms with van der Waals surface area (Å²) < 4.78 is 18.9. The van der Waals surface area contributed by atoms with Crippen LogP contribution in [0, 0.1) is 19.7 Å². The van der Waals surface area contributed by atoms with Crippen LogP contribution in [0.15, 0.2) is 36.4 Å². The van der Waals surface area contributed by atoms with Crippen molar-refractivity contribution in [1.82, 2.24) is 0 Å². The molecule has 2 aromatic rings. The quantitative estimate of drug-likeness (QED) is 0.923. The first kappa shape index (κ1) is 15.3. The maximum absolute atomic E-state index is 13.5. The zero-order valence-corrected chi connectivity index (χ0v) is 12.5. The molecule has 110 valence electrons. The molecular weight excluding hydrogens is 293 g/mol. The van der Waals surface area contributed by atoms with Crippen LogP contribution < -0.4 is 10.1 Å². The number of carbonyl (C=O) groups excluding carboxylic acids is 1. The molecule has 1 N–H and O–H groups in total. The standard InChI is InChI=1S/C16H15ClFNO2/c1-10-3-5-13(18)14(7-10)19-16(20)9-21-15-6-4-12(17)8-11(15)2/h3-8H,9H2,1-2H3,(H,19,20). The fourth-order valence-electron chi connectivity index (χ4n) is 1.84. The highest BCUT2D eigenvalue weighted by Crippen LogP contribution is 2.22. The van der Waals surface area contributed by atoms with Crippen molar-refractivity contribution >= 4 is 23.2 Å². The Balaban J connectivity index is 1.97. The van der Waals surface area contributed by atoms with Crippen LogP contribution >= 0.6 is 11.6 Å². The highest BCUT2D eigenvalue weighted by atomic mass is 35.5. The van der Waals surface area contributed by atoms with Gasteiger partial charge < -0.3 is 10.1 Å². The summed E-state index contributed by atoms with van der Waals surface area (Å²) in [6.45, 7) is 3.46. The van der Waals surface area contributed by atoms with Gasteiger partial charge in [-0.25, -0.2) is 4.39 Å². The lowest BCUT2D eigenvalue weighted by molar-refractivity contribution is -0.118. The van der Waals surface area contributed by atoms with Gasteiger partial charge >= 0.3 is 0 Å². The third-order valence-corrected chi connectivity index (χ3v) is 3.13. The minimum Gasteiger partial charge on any atom is -0.483 e. The zero-order chi connectivity index (χ0) is 15.4. The molecule has 2 rings (SSSR count). The Morgan fingerprint density at radius 2 is 2.00 bits per heavy atom. The average molecular weight is 308 g/mol. The lowest BCUT2D eigenvalue weighted by atomic mass is 10.2. The number of halogens is 2. The number of benzene rings is 2. The molecule has 0 aliphatic heterocycles. The van der Waals surface area contributed by atoms with Crippen LogP contribution in [0.3, 0.4) is 0 Å². The molecule has 2 aromatic carbocycles. The Kier molecular flexibility index (Phi) is 4.81. The lowest BCUT2D eigenvalue weighted by Gasteiger charge is -2.10. The van der Waals surface area contributed by atoms with Gasteiger partial charge in [0, 0.05) is 5.02 Å². The fraction of sp³-hybridized carbons (Fsp3) is 0.188. The second-order valence-electron chi connectivity index (χ2n) is 4.73. The van der Waals surface area contributed by atoms with Gasteiger partial charge in [0.1, 0.15) is 11.6 Å². The molecule has 0 atom stereocenters. The van der Waals surface area contributed by atoms with Gasteiger partial charge in [0.15, 0.2) is 6.61 Å². The van der Waals surface area contributed by atoms with Crippen molar-refractivity contribution in [1.29, 1.82) is 0 Å². The van der Waals surface area contributed by atoms with E-state index in [0.717, 1.165) is 11.1 Å². The van der Waals surface area contributed by atoms with Crippen LogP contribution in [-0.4, -0.2) is 12.5 Å². The molecule has 0 aliphatic carbocycles. The third kappa shape index (κ3) is 4.20. The predicted molar refractivity (Wildman–Crippen MR) is 81.5 cm³/mol. The Morgan fingerprint density at radius 1 is 1.24 bits per heavy atom. The van der Waals surface area contributed by atoms with Crippen molar-refractivity contribution in [2.75, 3.05) is 11.9 Å². The summed E-state index contributed by atoms with van der Waals surface area (Å²) in [6.07, 6.45) is 0. The molecule has 0 radical (unpaired) electrons. The van der Waals surface area contributed by atoms with Crippen molar-refractivity contribution < 1.29 is 13.9 Å². The molecule has 0 aliphatic rings. The molecule has 21 heavy (non-hydrogen) atoms. The largest absolute Gasteiger partial charge is 0.483 e. The van der Waals surface area contributed by atoms with E-state index in [2.05, 4.69) is 5.32 Å². The minimum atomic E-state index is -0.475. The van der Waals surface area contributed by atoms with E-state index in [4.69, 9.17) is 16.3 Å². The van der Waals surface area contributed by atoms with Crippen LogP contribution in [0.25, 0.3) is 0 Å². The highest BCUT2D eigenvalue weighted by molar-refractivity contribution is 6.30. The number of anilines is 1. The number of hydrogen-bond acceptors (Lipinski definition) is 2. The SMILES string of the molecule is Cc1ccc(F)c(NC(=O)COc2ccc(Cl)cc2C)c1. The van der Waals surface area contributed by atoms with E-state index < -0.39 is 11.7 Å². The summed E-state index contributed by atoms with van der Waals surface area (Å²) in [6, 6.07) is 9.64. The topological polar surface area (TPSA) is 38.3 Å². The van der Waals surface area contributed by atoms with Crippen molar-refractivity contribution in [3.8, 4) is 5.75 Å². The molecule has 3 nitrogen and oxygen atoms in total. The maximum Gasteiger partial charge on any atom is 0.262 e. The molecule has 0 saturated carbocycles. The summed E-state index contributed by atoms with van der Waals surface area (Å²) in [7, 11) is 0. The minimum absolute atomic E-state index is 0.149. The van der Waals surface area contributed by atoms with Gasteiger partial charge in [-0.3, -0.25) is 4.79 Å². The van der Waals surface area contributed by atoms with E-state index in [9.17, 15) is 9.18 Å². The number of hydrogen-bond donors (Lipinski definition) is 1. The number of ether oxygens (including phenoxy) is 1. The second-order valence-corrected chi connectivity index (χ2v) is 5.17. The Labute approximate surface area is 127 Å². The summed E-state index contributed by atoms with van der Waals surface area (Å²) >= 11 is 5.84. The van der Waals surface area contributed by atoms with Crippen molar-refractivity contribution in [2.45, 2.75) is 13.8 Å². The van der Waals surface area contributed by atoms with Crippen LogP contribution in [-0.2, 0) is 4.79 Å². The van der Waals surface area contributed by atoms with Crippen LogP contribution in [0.5, 0.6) is 5.75 Å². The molecule has 0 saturated heterocycles. The number of carbonyl (C=O) groups is 1. The monoisotopic (exact) mass is 307 g/mol. The average Bonchev–Trinajstić information content (AvgIpc) is 2.42. The first-order valence-corrected chi connectivity index (χ1v) is 6.78. The number of aryl methyl sites for hydroxylation is 2. The van der Waals surface area contributed by atoms with E-state index in [1.165, 1.54) is 6.07 Å². The van der Waals surface area contributed by atoms with Crippen molar-refractivity contribution in [2.24, 2.45) is 0 Å². The van der Waals surface area contributed by atoms with E-state index in [-0.39, 0.29) is 12.3 Å². The molecule has 0 fully saturated rings. The number of amides is 1. The van der Waals surface area contributed by atoms with Crippen molar-refractivity contribution in [3.05, 3.63) is 58.4 Å².